The van der Waals surface area contributed by atoms with Crippen LogP contribution in [0.15, 0.2) is 60.8 Å². The summed E-state index contributed by atoms with van der Waals surface area (Å²) in [7, 11) is 4.89. The molecule has 3 aromatic rings. The zero-order valence-corrected chi connectivity index (χ0v) is 28.9. The van der Waals surface area contributed by atoms with Crippen LogP contribution in [0.3, 0.4) is 0 Å². The van der Waals surface area contributed by atoms with Crippen molar-refractivity contribution >= 4 is 35.3 Å². The molecule has 1 saturated heterocycles. The van der Waals surface area contributed by atoms with Gasteiger partial charge in [-0.25, -0.2) is 9.78 Å². The number of halogens is 3. The molecule has 1 fully saturated rings. The number of hydrogen-bond donors (Lipinski definition) is 3. The lowest BCUT2D eigenvalue weighted by Gasteiger charge is -2.44. The molecule has 0 saturated carbocycles. The lowest BCUT2D eigenvalue weighted by Crippen LogP contribution is -2.55. The van der Waals surface area contributed by atoms with E-state index in [-0.39, 0.29) is 44.4 Å². The van der Waals surface area contributed by atoms with Crippen molar-refractivity contribution in [1.82, 2.24) is 25.0 Å². The van der Waals surface area contributed by atoms with Crippen molar-refractivity contribution in [2.45, 2.75) is 56.8 Å². The quantitative estimate of drug-likeness (QED) is 0.302. The summed E-state index contributed by atoms with van der Waals surface area (Å²) >= 11 is 0. The largest absolute Gasteiger partial charge is 0.390 e. The highest BCUT2D eigenvalue weighted by atomic mass is 19.4. The summed E-state index contributed by atoms with van der Waals surface area (Å²) in [6, 6.07) is 16.0. The lowest BCUT2D eigenvalue weighted by molar-refractivity contribution is -0.180. The van der Waals surface area contributed by atoms with Crippen molar-refractivity contribution in [1.29, 1.82) is 0 Å². The molecule has 2 aliphatic heterocycles. The number of rotatable bonds is 9. The Labute approximate surface area is 294 Å². The molecule has 3 N–H and O–H groups in total. The summed E-state index contributed by atoms with van der Waals surface area (Å²) in [4.78, 5) is 62.3. The first-order valence-electron chi connectivity index (χ1n) is 17.0. The van der Waals surface area contributed by atoms with Crippen LogP contribution in [0.4, 0.5) is 29.5 Å². The van der Waals surface area contributed by atoms with Crippen LogP contribution in [0.2, 0.25) is 0 Å². The second-order valence-electron chi connectivity index (χ2n) is 14.0. The number of fused-ring (bicyclic) bond motifs is 3. The van der Waals surface area contributed by atoms with Gasteiger partial charge in [-0.05, 0) is 73.2 Å². The number of piperidine rings is 1. The van der Waals surface area contributed by atoms with Gasteiger partial charge in [0.2, 0.25) is 17.7 Å². The predicted octanol–water partition coefficient (Wildman–Crippen LogP) is 4.47. The number of urea groups is 1. The van der Waals surface area contributed by atoms with E-state index in [9.17, 15) is 32.3 Å². The number of hydrogen-bond acceptors (Lipinski definition) is 6. The smallest absolute Gasteiger partial charge is 0.331 e. The van der Waals surface area contributed by atoms with Crippen LogP contribution >= 0.6 is 0 Å². The van der Waals surface area contributed by atoms with Gasteiger partial charge in [0.05, 0.1) is 17.3 Å². The zero-order valence-electron chi connectivity index (χ0n) is 28.9. The Morgan fingerprint density at radius 3 is 2.37 bits per heavy atom. The van der Waals surface area contributed by atoms with E-state index in [4.69, 9.17) is 0 Å². The van der Waals surface area contributed by atoms with Crippen LogP contribution in [-0.4, -0.2) is 90.4 Å². The number of anilines is 2. The molecular formula is C37H42F3N7O4. The number of nitrogens with zero attached hydrogens (tertiary/aromatic N) is 4. The van der Waals surface area contributed by atoms with Crippen molar-refractivity contribution in [3.05, 3.63) is 88.6 Å². The minimum atomic E-state index is -4.66. The van der Waals surface area contributed by atoms with Gasteiger partial charge < -0.3 is 30.7 Å². The molecule has 0 unspecified atom stereocenters. The van der Waals surface area contributed by atoms with E-state index in [1.165, 1.54) is 14.7 Å². The van der Waals surface area contributed by atoms with E-state index in [2.05, 4.69) is 20.9 Å². The van der Waals surface area contributed by atoms with Crippen molar-refractivity contribution < 1.29 is 32.3 Å². The first-order chi connectivity index (χ1) is 24.2. The fraction of sp³-hybridized carbons (Fsp3) is 0.432. The topological polar surface area (TPSA) is 127 Å². The molecule has 1 aromatic heterocycles. The molecule has 6 rings (SSSR count). The highest BCUT2D eigenvalue weighted by Crippen LogP contribution is 2.47. The molecule has 2 aromatic carbocycles. The maximum absolute atomic E-state index is 14.5. The molecule has 3 aliphatic rings. The monoisotopic (exact) mass is 705 g/mol. The summed E-state index contributed by atoms with van der Waals surface area (Å²) in [5, 5.41) is 8.80. The fourth-order valence-corrected chi connectivity index (χ4v) is 7.79. The van der Waals surface area contributed by atoms with Gasteiger partial charge in [0, 0.05) is 57.7 Å². The molecule has 3 heterocycles. The maximum Gasteiger partial charge on any atom is 0.390 e. The summed E-state index contributed by atoms with van der Waals surface area (Å²) in [5.74, 6) is -0.933. The van der Waals surface area contributed by atoms with Gasteiger partial charge in [0.15, 0.2) is 0 Å². The second-order valence-corrected chi connectivity index (χ2v) is 14.0. The first kappa shape index (κ1) is 35.8. The molecule has 14 heteroatoms. The van der Waals surface area contributed by atoms with Gasteiger partial charge in [0.25, 0.3) is 0 Å². The molecule has 0 radical (unpaired) electrons. The van der Waals surface area contributed by atoms with Crippen molar-refractivity contribution in [2.75, 3.05) is 51.4 Å². The summed E-state index contributed by atoms with van der Waals surface area (Å²) in [5.41, 5.74) is 2.02. The zero-order chi connectivity index (χ0) is 36.6. The Balaban J connectivity index is 1.25. The van der Waals surface area contributed by atoms with Gasteiger partial charge in [-0.2, -0.15) is 13.2 Å². The van der Waals surface area contributed by atoms with Gasteiger partial charge in [0.1, 0.15) is 12.4 Å². The van der Waals surface area contributed by atoms with Gasteiger partial charge in [-0.1, -0.05) is 36.4 Å². The molecule has 1 atom stereocenters. The van der Waals surface area contributed by atoms with Crippen molar-refractivity contribution in [3.63, 3.8) is 0 Å². The van der Waals surface area contributed by atoms with E-state index >= 15 is 0 Å². The number of amides is 5. The van der Waals surface area contributed by atoms with Crippen LogP contribution in [0.25, 0.3) is 0 Å². The average molecular weight is 706 g/mol. The highest BCUT2D eigenvalue weighted by molar-refractivity contribution is 6.06. The van der Waals surface area contributed by atoms with E-state index in [1.54, 1.807) is 57.7 Å². The molecule has 0 bridgehead atoms. The summed E-state index contributed by atoms with van der Waals surface area (Å²) in [6.07, 6.45) is -3.89. The van der Waals surface area contributed by atoms with E-state index in [1.807, 2.05) is 24.3 Å². The van der Waals surface area contributed by atoms with Crippen molar-refractivity contribution in [2.24, 2.45) is 5.41 Å². The van der Waals surface area contributed by atoms with Crippen LogP contribution in [0, 0.1) is 5.41 Å². The number of nitrogens with one attached hydrogen (secondary N) is 3. The van der Waals surface area contributed by atoms with E-state index < -0.39 is 41.8 Å². The van der Waals surface area contributed by atoms with E-state index in [0.717, 1.165) is 22.3 Å². The number of carbonyl (C=O) groups excluding carboxylic acids is 4. The minimum Gasteiger partial charge on any atom is -0.331 e. The van der Waals surface area contributed by atoms with Crippen LogP contribution in [-0.2, 0) is 45.7 Å². The summed E-state index contributed by atoms with van der Waals surface area (Å²) in [6.45, 7) is -0.169. The summed E-state index contributed by atoms with van der Waals surface area (Å²) < 4.78 is 42.6. The Kier molecular flexibility index (Phi) is 9.82. The second kappa shape index (κ2) is 14.0. The molecule has 5 amide bonds. The lowest BCUT2D eigenvalue weighted by atomic mass is 9.74. The number of carbonyl (C=O) groups is 4. The van der Waals surface area contributed by atoms with E-state index in [0.29, 0.717) is 36.5 Å². The Morgan fingerprint density at radius 2 is 1.69 bits per heavy atom. The normalized spacial score (nSPS) is 18.9. The van der Waals surface area contributed by atoms with Gasteiger partial charge in [-0.15, -0.1) is 0 Å². The molecule has 1 spiro atoms. The number of pyridine rings is 1. The predicted molar refractivity (Wildman–Crippen MR) is 185 cm³/mol. The average Bonchev–Trinajstić information content (AvgIpc) is 3.60. The minimum absolute atomic E-state index is 0.0234. The Morgan fingerprint density at radius 1 is 0.980 bits per heavy atom. The standard InChI is InChI=1S/C37H42F3N7O4/c1-41-20-25-7-4-5-8-26(25)21-47(33(50)35(23-37(38,39)40)12-15-46(16-13-35)34(51)45(2)3)22-30(48)43-28-11-10-24-18-36(19-27(24)17-28)29-9-6-14-42-31(29)44-32(36)49/h4-11,14,17,41H,12-13,15-16,18-23H2,1-3H3,(H,43,48)(H,42,44,49)/t36-/m1/s1. The number of likely N-dealkylation sites (tertiary alicyclic amines) is 1. The number of aromatic nitrogens is 1. The molecule has 51 heavy (non-hydrogen) atoms. The maximum atomic E-state index is 14.5. The fourth-order valence-electron chi connectivity index (χ4n) is 7.79. The van der Waals surface area contributed by atoms with Gasteiger partial charge >= 0.3 is 12.2 Å². The van der Waals surface area contributed by atoms with Crippen LogP contribution in [0.1, 0.15) is 47.1 Å². The SMILES string of the molecule is CNCc1ccccc1CN(CC(=O)Nc1ccc2c(c1)C[C@@]1(C2)C(=O)Nc2ncccc21)C(=O)C1(CC(F)(F)F)CCN(C(=O)N(C)C)CC1. The number of alkyl halides is 3. The molecule has 11 nitrogen and oxygen atoms in total. The molecule has 270 valence electrons. The highest BCUT2D eigenvalue weighted by Gasteiger charge is 2.52. The van der Waals surface area contributed by atoms with Crippen LogP contribution < -0.4 is 16.0 Å². The molecular weight excluding hydrogens is 663 g/mol. The third kappa shape index (κ3) is 7.27. The van der Waals surface area contributed by atoms with Crippen LogP contribution in [0.5, 0.6) is 0 Å². The third-order valence-electron chi connectivity index (χ3n) is 10.3. The number of benzene rings is 2. The van der Waals surface area contributed by atoms with Gasteiger partial charge in [-0.3, -0.25) is 14.4 Å². The molecule has 1 aliphatic carbocycles. The Hall–Kier alpha value is -4.98. The van der Waals surface area contributed by atoms with Crippen molar-refractivity contribution in [3.8, 4) is 0 Å². The Bertz CT molecular complexity index is 1840. The third-order valence-corrected chi connectivity index (χ3v) is 10.3. The first-order valence-corrected chi connectivity index (χ1v) is 17.0.